The van der Waals surface area contributed by atoms with E-state index in [1.54, 1.807) is 24.3 Å². The first-order valence-corrected chi connectivity index (χ1v) is 10.2. The van der Waals surface area contributed by atoms with Crippen molar-refractivity contribution in [3.63, 3.8) is 0 Å². The average Bonchev–Trinajstić information content (AvgIpc) is 2.74. The number of anilines is 1. The minimum atomic E-state index is -0.418. The average molecular weight is 474 g/mol. The van der Waals surface area contributed by atoms with Gasteiger partial charge in [-0.15, -0.1) is 0 Å². The van der Waals surface area contributed by atoms with E-state index in [0.717, 1.165) is 27.0 Å². The number of benzene rings is 3. The van der Waals surface area contributed by atoms with E-state index in [0.29, 0.717) is 26.2 Å². The number of halogens is 2. The van der Waals surface area contributed by atoms with Crippen molar-refractivity contribution < 1.29 is 14.1 Å². The highest BCUT2D eigenvalue weighted by Crippen LogP contribution is 2.24. The third-order valence-corrected chi connectivity index (χ3v) is 4.85. The van der Waals surface area contributed by atoms with Gasteiger partial charge in [-0.2, -0.15) is 0 Å². The maximum atomic E-state index is 13.0. The zero-order valence-corrected chi connectivity index (χ0v) is 17.7. The van der Waals surface area contributed by atoms with Crippen LogP contribution in [0.1, 0.15) is 11.1 Å². The van der Waals surface area contributed by atoms with Crippen LogP contribution in [0.4, 0.5) is 15.8 Å². The fourth-order valence-corrected chi connectivity index (χ4v) is 3.20. The van der Waals surface area contributed by atoms with E-state index in [4.69, 9.17) is 4.74 Å². The second-order valence-electron chi connectivity index (χ2n) is 6.57. The third kappa shape index (κ3) is 6.53. The van der Waals surface area contributed by atoms with Crippen molar-refractivity contribution in [3.8, 4) is 5.75 Å². The van der Waals surface area contributed by atoms with Crippen molar-refractivity contribution in [1.29, 1.82) is 0 Å². The molecular formula is C22H21BrFN3O3. The molecule has 0 radical (unpaired) electrons. The Balaban J connectivity index is 1.47. The topological polar surface area (TPSA) is 76.4 Å². The lowest BCUT2D eigenvalue weighted by Crippen LogP contribution is -2.22. The first-order chi connectivity index (χ1) is 14.5. The number of hydrogen-bond donors (Lipinski definition) is 2. The fourth-order valence-electron chi connectivity index (χ4n) is 2.79. The Morgan fingerprint density at radius 1 is 1.00 bits per heavy atom. The fraction of sp³-hybridized carbons (Fsp3) is 0.182. The first kappa shape index (κ1) is 21.7. The lowest BCUT2D eigenvalue weighted by molar-refractivity contribution is -0.384. The first-order valence-electron chi connectivity index (χ1n) is 9.36. The van der Waals surface area contributed by atoms with Gasteiger partial charge in [-0.3, -0.25) is 10.1 Å². The van der Waals surface area contributed by atoms with E-state index >= 15 is 0 Å². The number of ether oxygens (including phenoxy) is 1. The summed E-state index contributed by atoms with van der Waals surface area (Å²) in [5.41, 5.74) is 2.79. The Morgan fingerprint density at radius 2 is 1.73 bits per heavy atom. The Bertz CT molecular complexity index is 982. The molecule has 8 heteroatoms. The molecule has 0 aliphatic heterocycles. The van der Waals surface area contributed by atoms with Crippen LogP contribution in [0, 0.1) is 15.9 Å². The van der Waals surface area contributed by atoms with Gasteiger partial charge in [-0.05, 0) is 48.0 Å². The van der Waals surface area contributed by atoms with Crippen molar-refractivity contribution in [2.45, 2.75) is 13.2 Å². The molecule has 0 saturated heterocycles. The van der Waals surface area contributed by atoms with Crippen molar-refractivity contribution in [3.05, 3.63) is 98.3 Å². The number of rotatable bonds is 10. The molecule has 0 heterocycles. The monoisotopic (exact) mass is 473 g/mol. The summed E-state index contributed by atoms with van der Waals surface area (Å²) in [4.78, 5) is 10.3. The zero-order valence-electron chi connectivity index (χ0n) is 16.1. The van der Waals surface area contributed by atoms with Crippen LogP contribution in [0.15, 0.2) is 71.2 Å². The molecule has 6 nitrogen and oxygen atoms in total. The predicted molar refractivity (Wildman–Crippen MR) is 118 cm³/mol. The van der Waals surface area contributed by atoms with Gasteiger partial charge in [0.25, 0.3) is 5.69 Å². The van der Waals surface area contributed by atoms with Crippen molar-refractivity contribution in [2.75, 3.05) is 18.4 Å². The highest BCUT2D eigenvalue weighted by molar-refractivity contribution is 9.10. The van der Waals surface area contributed by atoms with Crippen molar-refractivity contribution >= 4 is 27.3 Å². The highest BCUT2D eigenvalue weighted by atomic mass is 79.9. The summed E-state index contributed by atoms with van der Waals surface area (Å²) < 4.78 is 19.9. The van der Waals surface area contributed by atoms with Gasteiger partial charge in [0.2, 0.25) is 0 Å². The Hall–Kier alpha value is -2.97. The molecule has 156 valence electrons. The molecule has 30 heavy (non-hydrogen) atoms. The van der Waals surface area contributed by atoms with Crippen LogP contribution in [-0.2, 0) is 13.2 Å². The summed E-state index contributed by atoms with van der Waals surface area (Å²) in [6.07, 6.45) is 0. The maximum Gasteiger partial charge on any atom is 0.269 e. The maximum absolute atomic E-state index is 13.0. The van der Waals surface area contributed by atoms with Gasteiger partial charge in [-0.1, -0.05) is 28.1 Å². The summed E-state index contributed by atoms with van der Waals surface area (Å²) in [5.74, 6) is 0.493. The van der Waals surface area contributed by atoms with Gasteiger partial charge >= 0.3 is 0 Å². The van der Waals surface area contributed by atoms with Gasteiger partial charge in [-0.25, -0.2) is 4.39 Å². The molecule has 3 aromatic rings. The number of nitrogens with zero attached hydrogens (tertiary/aromatic N) is 1. The Morgan fingerprint density at radius 3 is 2.43 bits per heavy atom. The lowest BCUT2D eigenvalue weighted by atomic mass is 10.2. The van der Waals surface area contributed by atoms with Gasteiger partial charge in [0.1, 0.15) is 18.2 Å². The lowest BCUT2D eigenvalue weighted by Gasteiger charge is -2.13. The van der Waals surface area contributed by atoms with Gasteiger partial charge in [0.05, 0.1) is 4.92 Å². The molecule has 0 atom stereocenters. The van der Waals surface area contributed by atoms with E-state index in [1.807, 2.05) is 18.2 Å². The van der Waals surface area contributed by atoms with Crippen LogP contribution in [0.5, 0.6) is 5.75 Å². The van der Waals surface area contributed by atoms with Crippen LogP contribution < -0.4 is 15.4 Å². The van der Waals surface area contributed by atoms with Crippen LogP contribution >= 0.6 is 15.9 Å². The minimum absolute atomic E-state index is 0.0708. The quantitative estimate of drug-likeness (QED) is 0.238. The SMILES string of the molecule is O=[N+]([O-])c1ccc(NCCNCc2cc(Br)ccc2OCc2ccc(F)cc2)cc1. The molecular weight excluding hydrogens is 453 g/mol. The molecule has 3 rings (SSSR count). The van der Waals surface area contributed by atoms with Crippen LogP contribution in [0.2, 0.25) is 0 Å². The third-order valence-electron chi connectivity index (χ3n) is 4.35. The normalized spacial score (nSPS) is 10.6. The smallest absolute Gasteiger partial charge is 0.269 e. The summed E-state index contributed by atoms with van der Waals surface area (Å²) in [7, 11) is 0. The molecule has 0 spiro atoms. The standard InChI is InChI=1S/C22H21BrFN3O3/c23-18-3-10-22(30-15-16-1-4-19(24)5-2-16)17(13-18)14-25-11-12-26-20-6-8-21(9-7-20)27(28)29/h1-10,13,25-26H,11-12,14-15H2. The second kappa shape index (κ2) is 10.7. The molecule has 0 amide bonds. The van der Waals surface area contributed by atoms with Crippen molar-refractivity contribution in [2.24, 2.45) is 0 Å². The van der Waals surface area contributed by atoms with E-state index in [9.17, 15) is 14.5 Å². The molecule has 0 aliphatic carbocycles. The van der Waals surface area contributed by atoms with Crippen LogP contribution in [0.25, 0.3) is 0 Å². The van der Waals surface area contributed by atoms with E-state index in [2.05, 4.69) is 26.6 Å². The van der Waals surface area contributed by atoms with E-state index in [1.165, 1.54) is 24.3 Å². The molecule has 0 unspecified atom stereocenters. The number of non-ortho nitro benzene ring substituents is 1. The molecule has 0 fully saturated rings. The minimum Gasteiger partial charge on any atom is -0.489 e. The summed E-state index contributed by atoms with van der Waals surface area (Å²) in [6.45, 7) is 2.33. The molecule has 3 aromatic carbocycles. The van der Waals surface area contributed by atoms with E-state index < -0.39 is 4.92 Å². The van der Waals surface area contributed by atoms with Gasteiger partial charge < -0.3 is 15.4 Å². The molecule has 2 N–H and O–H groups in total. The molecule has 0 saturated carbocycles. The highest BCUT2D eigenvalue weighted by Gasteiger charge is 2.06. The summed E-state index contributed by atoms with van der Waals surface area (Å²) in [5, 5.41) is 17.3. The number of nitro benzene ring substituents is 1. The van der Waals surface area contributed by atoms with Gasteiger partial charge in [0, 0.05) is 47.5 Å². The van der Waals surface area contributed by atoms with E-state index in [-0.39, 0.29) is 11.5 Å². The Kier molecular flexibility index (Phi) is 7.75. The molecule has 0 aromatic heterocycles. The summed E-state index contributed by atoms with van der Waals surface area (Å²) >= 11 is 3.48. The second-order valence-corrected chi connectivity index (χ2v) is 7.49. The number of hydrogen-bond acceptors (Lipinski definition) is 5. The predicted octanol–water partition coefficient (Wildman–Crippen LogP) is 5.28. The molecule has 0 bridgehead atoms. The summed E-state index contributed by atoms with van der Waals surface area (Å²) in [6, 6.07) is 18.4. The molecule has 0 aliphatic rings. The number of nitrogens with one attached hydrogen (secondary N) is 2. The zero-order chi connectivity index (χ0) is 21.3. The van der Waals surface area contributed by atoms with Crippen molar-refractivity contribution in [1.82, 2.24) is 5.32 Å². The van der Waals surface area contributed by atoms with Crippen LogP contribution in [-0.4, -0.2) is 18.0 Å². The van der Waals surface area contributed by atoms with Crippen LogP contribution in [0.3, 0.4) is 0 Å². The number of nitro groups is 1. The van der Waals surface area contributed by atoms with Gasteiger partial charge in [0.15, 0.2) is 0 Å². The largest absolute Gasteiger partial charge is 0.489 e. The Labute approximate surface area is 182 Å².